The molecule has 0 aliphatic heterocycles. The molecule has 0 spiro atoms. The van der Waals surface area contributed by atoms with Gasteiger partial charge in [0, 0.05) is 11.6 Å². The number of nitrogens with two attached hydrogens (primary N) is 1. The first-order chi connectivity index (χ1) is 7.81. The molecule has 0 aliphatic carbocycles. The van der Waals surface area contributed by atoms with Gasteiger partial charge in [0.15, 0.2) is 0 Å². The van der Waals surface area contributed by atoms with Crippen LogP contribution in [0.4, 0.5) is 0 Å². The van der Waals surface area contributed by atoms with Crippen molar-refractivity contribution >= 4 is 0 Å². The number of aromatic amines is 1. The van der Waals surface area contributed by atoms with Crippen molar-refractivity contribution in [1.82, 2.24) is 9.97 Å². The van der Waals surface area contributed by atoms with Crippen LogP contribution in [0, 0.1) is 0 Å². The van der Waals surface area contributed by atoms with Crippen molar-refractivity contribution in [3.8, 4) is 11.4 Å². The average molecular weight is 215 g/mol. The minimum Gasteiger partial charge on any atom is -0.341 e. The Kier molecular flexibility index (Phi) is 3.37. The monoisotopic (exact) mass is 215 g/mol. The van der Waals surface area contributed by atoms with E-state index < -0.39 is 0 Å². The van der Waals surface area contributed by atoms with Gasteiger partial charge in [-0.1, -0.05) is 43.7 Å². The van der Waals surface area contributed by atoms with Gasteiger partial charge in [0.05, 0.1) is 11.9 Å². The zero-order valence-electron chi connectivity index (χ0n) is 9.48. The van der Waals surface area contributed by atoms with E-state index in [0.717, 1.165) is 29.9 Å². The summed E-state index contributed by atoms with van der Waals surface area (Å²) >= 11 is 0. The van der Waals surface area contributed by atoms with E-state index >= 15 is 0 Å². The first kappa shape index (κ1) is 10.9. The number of hydrogen-bond acceptors (Lipinski definition) is 2. The number of rotatable bonds is 4. The predicted octanol–water partition coefficient (Wildman–Crippen LogP) is 2.88. The second-order valence-electron chi connectivity index (χ2n) is 3.95. The second kappa shape index (κ2) is 4.94. The van der Waals surface area contributed by atoms with Crippen LogP contribution >= 0.6 is 0 Å². The van der Waals surface area contributed by atoms with Crippen LogP contribution in [0.25, 0.3) is 11.4 Å². The normalized spacial score (nSPS) is 12.6. The van der Waals surface area contributed by atoms with Gasteiger partial charge in [-0.05, 0) is 6.42 Å². The molecule has 1 heterocycles. The molecule has 0 aliphatic rings. The maximum Gasteiger partial charge on any atom is 0.137 e. The Morgan fingerprint density at radius 1 is 1.31 bits per heavy atom. The number of nitrogens with zero attached hydrogens (tertiary/aromatic N) is 1. The van der Waals surface area contributed by atoms with Crippen molar-refractivity contribution in [1.29, 1.82) is 0 Å². The van der Waals surface area contributed by atoms with Gasteiger partial charge in [0.25, 0.3) is 0 Å². The van der Waals surface area contributed by atoms with Crippen LogP contribution in [-0.4, -0.2) is 9.97 Å². The van der Waals surface area contributed by atoms with Gasteiger partial charge in [-0.15, -0.1) is 0 Å². The van der Waals surface area contributed by atoms with Gasteiger partial charge in [-0.25, -0.2) is 4.98 Å². The van der Waals surface area contributed by atoms with Crippen molar-refractivity contribution < 1.29 is 0 Å². The van der Waals surface area contributed by atoms with Gasteiger partial charge < -0.3 is 10.7 Å². The number of benzene rings is 1. The number of hydrogen-bond donors (Lipinski definition) is 2. The summed E-state index contributed by atoms with van der Waals surface area (Å²) < 4.78 is 0. The van der Waals surface area contributed by atoms with Gasteiger partial charge in [-0.2, -0.15) is 0 Å². The van der Waals surface area contributed by atoms with Crippen LogP contribution in [0.2, 0.25) is 0 Å². The van der Waals surface area contributed by atoms with Gasteiger partial charge in [0.2, 0.25) is 0 Å². The quantitative estimate of drug-likeness (QED) is 0.824. The Morgan fingerprint density at radius 3 is 2.75 bits per heavy atom. The Morgan fingerprint density at radius 2 is 2.06 bits per heavy atom. The first-order valence-electron chi connectivity index (χ1n) is 5.67. The zero-order chi connectivity index (χ0) is 11.4. The second-order valence-corrected chi connectivity index (χ2v) is 3.95. The first-order valence-corrected chi connectivity index (χ1v) is 5.67. The number of imidazole rings is 1. The fourth-order valence-electron chi connectivity index (χ4n) is 1.73. The molecule has 0 fully saturated rings. The van der Waals surface area contributed by atoms with Crippen LogP contribution in [0.1, 0.15) is 31.5 Å². The molecule has 0 saturated carbocycles. The van der Waals surface area contributed by atoms with Crippen LogP contribution in [-0.2, 0) is 0 Å². The van der Waals surface area contributed by atoms with Crippen LogP contribution < -0.4 is 5.73 Å². The maximum atomic E-state index is 6.03. The van der Waals surface area contributed by atoms with E-state index in [1.54, 1.807) is 0 Å². The van der Waals surface area contributed by atoms with E-state index in [1.807, 2.05) is 36.5 Å². The van der Waals surface area contributed by atoms with E-state index in [-0.39, 0.29) is 6.04 Å². The van der Waals surface area contributed by atoms with Gasteiger partial charge >= 0.3 is 0 Å². The minimum absolute atomic E-state index is 0.0648. The molecule has 2 aromatic rings. The molecule has 0 amide bonds. The fraction of sp³-hybridized carbons (Fsp3) is 0.308. The summed E-state index contributed by atoms with van der Waals surface area (Å²) in [6, 6.07) is 10.1. The van der Waals surface area contributed by atoms with E-state index in [2.05, 4.69) is 16.9 Å². The Hall–Kier alpha value is -1.61. The lowest BCUT2D eigenvalue weighted by Crippen LogP contribution is -2.09. The number of H-pyrrole nitrogens is 1. The fourth-order valence-corrected chi connectivity index (χ4v) is 1.73. The molecule has 3 heteroatoms. The summed E-state index contributed by atoms with van der Waals surface area (Å²) in [4.78, 5) is 7.63. The van der Waals surface area contributed by atoms with Crippen molar-refractivity contribution in [3.63, 3.8) is 0 Å². The summed E-state index contributed by atoms with van der Waals surface area (Å²) in [5.41, 5.74) is 8.14. The summed E-state index contributed by atoms with van der Waals surface area (Å²) in [6.45, 7) is 2.13. The lowest BCUT2D eigenvalue weighted by molar-refractivity contribution is 0.625. The third kappa shape index (κ3) is 2.31. The minimum atomic E-state index is 0.0648. The van der Waals surface area contributed by atoms with E-state index in [1.165, 1.54) is 0 Å². The predicted molar refractivity (Wildman–Crippen MR) is 65.9 cm³/mol. The third-order valence-corrected chi connectivity index (χ3v) is 2.64. The van der Waals surface area contributed by atoms with Crippen LogP contribution in [0.15, 0.2) is 36.5 Å². The van der Waals surface area contributed by atoms with Crippen molar-refractivity contribution in [3.05, 3.63) is 42.2 Å². The zero-order valence-corrected chi connectivity index (χ0v) is 9.48. The molecule has 0 radical (unpaired) electrons. The number of nitrogens with one attached hydrogen (secondary N) is 1. The highest BCUT2D eigenvalue weighted by molar-refractivity contribution is 5.54. The van der Waals surface area contributed by atoms with Gasteiger partial charge in [-0.3, -0.25) is 0 Å². The standard InChI is InChI=1S/C13H17N3/c1-2-6-11(14)12-9-15-13(16-12)10-7-4-3-5-8-10/h3-5,7-9,11H,2,6,14H2,1H3,(H,15,16). The van der Waals surface area contributed by atoms with E-state index in [4.69, 9.17) is 5.73 Å². The Balaban J connectivity index is 2.20. The molecule has 1 aromatic carbocycles. The van der Waals surface area contributed by atoms with Crippen LogP contribution in [0.3, 0.4) is 0 Å². The molecule has 2 rings (SSSR count). The highest BCUT2D eigenvalue weighted by Gasteiger charge is 2.09. The summed E-state index contributed by atoms with van der Waals surface area (Å²) in [5.74, 6) is 0.891. The van der Waals surface area contributed by atoms with Crippen molar-refractivity contribution in [2.45, 2.75) is 25.8 Å². The molecule has 1 aromatic heterocycles. The largest absolute Gasteiger partial charge is 0.341 e. The SMILES string of the molecule is CCCC(N)c1cnc(-c2ccccc2)[nH]1. The van der Waals surface area contributed by atoms with Crippen LogP contribution in [0.5, 0.6) is 0 Å². The molecule has 84 valence electrons. The topological polar surface area (TPSA) is 54.7 Å². The van der Waals surface area contributed by atoms with E-state index in [0.29, 0.717) is 0 Å². The molecule has 1 unspecified atom stereocenters. The lowest BCUT2D eigenvalue weighted by Gasteiger charge is -2.06. The van der Waals surface area contributed by atoms with E-state index in [9.17, 15) is 0 Å². The average Bonchev–Trinajstić information content (AvgIpc) is 2.80. The highest BCUT2D eigenvalue weighted by Crippen LogP contribution is 2.19. The van der Waals surface area contributed by atoms with Gasteiger partial charge in [0.1, 0.15) is 5.82 Å². The summed E-state index contributed by atoms with van der Waals surface area (Å²) in [5, 5.41) is 0. The molecule has 3 N–H and O–H groups in total. The molecule has 16 heavy (non-hydrogen) atoms. The summed E-state index contributed by atoms with van der Waals surface area (Å²) in [6.07, 6.45) is 3.90. The number of aromatic nitrogens is 2. The third-order valence-electron chi connectivity index (χ3n) is 2.64. The molecule has 3 nitrogen and oxygen atoms in total. The molecule has 0 bridgehead atoms. The summed E-state index contributed by atoms with van der Waals surface area (Å²) in [7, 11) is 0. The van der Waals surface area contributed by atoms with Crippen molar-refractivity contribution in [2.24, 2.45) is 5.73 Å². The lowest BCUT2D eigenvalue weighted by atomic mass is 10.1. The maximum absolute atomic E-state index is 6.03. The molecule has 1 atom stereocenters. The highest BCUT2D eigenvalue weighted by atomic mass is 14.9. The molecular weight excluding hydrogens is 198 g/mol. The van der Waals surface area contributed by atoms with Crippen molar-refractivity contribution in [2.75, 3.05) is 0 Å². The smallest absolute Gasteiger partial charge is 0.137 e. The Bertz CT molecular complexity index is 433. The Labute approximate surface area is 95.7 Å². The molecular formula is C13H17N3. The molecule has 0 saturated heterocycles.